The van der Waals surface area contributed by atoms with E-state index in [4.69, 9.17) is 23.7 Å². The molecule has 46 heavy (non-hydrogen) atoms. The number of rotatable bonds is 21. The average Bonchev–Trinajstić information content (AvgIpc) is 3.37. The van der Waals surface area contributed by atoms with Crippen molar-refractivity contribution in [2.75, 3.05) is 77.5 Å². The Morgan fingerprint density at radius 1 is 0.978 bits per heavy atom. The van der Waals surface area contributed by atoms with Gasteiger partial charge in [-0.3, -0.25) is 9.59 Å². The number of nitriles is 1. The van der Waals surface area contributed by atoms with Gasteiger partial charge in [-0.25, -0.2) is 0 Å². The summed E-state index contributed by atoms with van der Waals surface area (Å²) in [5.74, 6) is 0.359. The fourth-order valence-corrected chi connectivity index (χ4v) is 6.15. The van der Waals surface area contributed by atoms with Crippen LogP contribution >= 0.6 is 11.3 Å². The van der Waals surface area contributed by atoms with Crippen molar-refractivity contribution in [1.29, 1.82) is 5.26 Å². The highest BCUT2D eigenvalue weighted by Crippen LogP contribution is 2.36. The zero-order chi connectivity index (χ0) is 33.1. The first-order valence-corrected chi connectivity index (χ1v) is 16.9. The fraction of sp³-hybridized carbons (Fsp3) is 0.618. The molecule has 12 heteroatoms. The van der Waals surface area contributed by atoms with E-state index in [1.807, 2.05) is 19.1 Å². The highest BCUT2D eigenvalue weighted by Gasteiger charge is 2.28. The van der Waals surface area contributed by atoms with Gasteiger partial charge in [0.05, 0.1) is 74.9 Å². The molecule has 252 valence electrons. The first-order valence-electron chi connectivity index (χ1n) is 16.1. The van der Waals surface area contributed by atoms with Gasteiger partial charge in [0, 0.05) is 18.8 Å². The Morgan fingerprint density at radius 2 is 1.61 bits per heavy atom. The summed E-state index contributed by atoms with van der Waals surface area (Å²) >= 11 is 1.17. The Morgan fingerprint density at radius 3 is 2.20 bits per heavy atom. The molecule has 0 amide bonds. The highest BCUT2D eigenvalue weighted by atomic mass is 32.1. The van der Waals surface area contributed by atoms with E-state index < -0.39 is 0 Å². The van der Waals surface area contributed by atoms with Crippen molar-refractivity contribution in [1.82, 2.24) is 0 Å². The smallest absolute Gasteiger partial charge is 0.309 e. The largest absolute Gasteiger partial charge is 0.463 e. The number of nitrogens with zero attached hydrogens (tertiary/aromatic N) is 4. The fourth-order valence-electron chi connectivity index (χ4n) is 5.26. The molecule has 2 unspecified atom stereocenters. The molecular formula is C34H48N4O7S. The summed E-state index contributed by atoms with van der Waals surface area (Å²) in [6, 6.07) is 8.07. The van der Waals surface area contributed by atoms with Gasteiger partial charge in [-0.15, -0.1) is 21.6 Å². The van der Waals surface area contributed by atoms with Gasteiger partial charge in [0.15, 0.2) is 11.3 Å². The molecular weight excluding hydrogens is 608 g/mol. The molecule has 1 aliphatic carbocycles. The number of likely N-dealkylation sites (N-methyl/N-ethyl adjacent to an activating group) is 1. The van der Waals surface area contributed by atoms with Gasteiger partial charge in [-0.2, -0.15) is 5.26 Å². The number of thiophene rings is 1. The average molecular weight is 657 g/mol. The number of hydrogen-bond acceptors (Lipinski definition) is 12. The molecule has 3 rings (SSSR count). The van der Waals surface area contributed by atoms with E-state index in [2.05, 4.69) is 41.1 Å². The maximum Gasteiger partial charge on any atom is 0.309 e. The molecule has 0 saturated heterocycles. The van der Waals surface area contributed by atoms with E-state index in [0.717, 1.165) is 49.9 Å². The number of hydrogen-bond donors (Lipinski definition) is 0. The van der Waals surface area contributed by atoms with Crippen LogP contribution in [0.15, 0.2) is 28.4 Å². The number of ether oxygens (including phenoxy) is 5. The van der Waals surface area contributed by atoms with E-state index in [9.17, 15) is 14.9 Å². The normalized spacial score (nSPS) is 16.4. The first-order chi connectivity index (χ1) is 22.4. The van der Waals surface area contributed by atoms with Crippen LogP contribution in [0.1, 0.15) is 65.9 Å². The number of anilines is 1. The number of carbonyl (C=O) groups is 2. The zero-order valence-electron chi connectivity index (χ0n) is 27.6. The van der Waals surface area contributed by atoms with Crippen LogP contribution in [-0.2, 0) is 28.5 Å². The van der Waals surface area contributed by atoms with Gasteiger partial charge in [-0.05, 0) is 68.9 Å². The van der Waals surface area contributed by atoms with Crippen molar-refractivity contribution in [3.63, 3.8) is 0 Å². The minimum absolute atomic E-state index is 0.0381. The number of carbonyl (C=O) groups excluding carboxylic acids is 2. The Bertz CT molecular complexity index is 1310. The molecule has 0 bridgehead atoms. The minimum atomic E-state index is -0.0871. The third-order valence-electron chi connectivity index (χ3n) is 8.07. The Balaban J connectivity index is 1.21. The number of aryl methyl sites for hydroxylation is 1. The van der Waals surface area contributed by atoms with Crippen molar-refractivity contribution in [2.24, 2.45) is 22.1 Å². The third kappa shape index (κ3) is 11.9. The van der Waals surface area contributed by atoms with Gasteiger partial charge in [0.1, 0.15) is 12.7 Å². The second-order valence-corrected chi connectivity index (χ2v) is 12.3. The number of benzene rings is 1. The summed E-state index contributed by atoms with van der Waals surface area (Å²) in [6.07, 6.45) is 5.09. The molecule has 11 nitrogen and oxygen atoms in total. The monoisotopic (exact) mass is 656 g/mol. The summed E-state index contributed by atoms with van der Waals surface area (Å²) < 4.78 is 27.7. The predicted octanol–water partition coefficient (Wildman–Crippen LogP) is 6.73. The molecule has 1 aromatic heterocycles. The first kappa shape index (κ1) is 37.2. The summed E-state index contributed by atoms with van der Waals surface area (Å²) in [6.45, 7) is 13.6. The van der Waals surface area contributed by atoms with Crippen molar-refractivity contribution in [2.45, 2.75) is 53.4 Å². The van der Waals surface area contributed by atoms with Gasteiger partial charge < -0.3 is 28.6 Å². The summed E-state index contributed by atoms with van der Waals surface area (Å²) in [5, 5.41) is 18.5. The molecule has 0 radical (unpaired) electrons. The van der Waals surface area contributed by atoms with Crippen LogP contribution in [0.25, 0.3) is 0 Å². The Labute approximate surface area is 276 Å². The topological polar surface area (TPSA) is 132 Å². The lowest BCUT2D eigenvalue weighted by Crippen LogP contribution is -2.28. The molecule has 0 aliphatic heterocycles. The van der Waals surface area contributed by atoms with Crippen LogP contribution in [0.3, 0.4) is 0 Å². The quantitative estimate of drug-likeness (QED) is 0.0621. The molecule has 1 aliphatic rings. The summed E-state index contributed by atoms with van der Waals surface area (Å²) in [7, 11) is 0. The van der Waals surface area contributed by atoms with Crippen LogP contribution in [0.2, 0.25) is 0 Å². The minimum Gasteiger partial charge on any atom is -0.463 e. The van der Waals surface area contributed by atoms with E-state index in [-0.39, 0.29) is 18.5 Å². The molecule has 2 atom stereocenters. The van der Waals surface area contributed by atoms with Gasteiger partial charge >= 0.3 is 5.97 Å². The maximum absolute atomic E-state index is 12.2. The second-order valence-electron chi connectivity index (χ2n) is 11.2. The molecule has 2 aromatic rings. The van der Waals surface area contributed by atoms with Gasteiger partial charge in [0.25, 0.3) is 0 Å². The molecule has 1 aromatic carbocycles. The number of aldehydes is 1. The molecule has 1 heterocycles. The molecule has 1 saturated carbocycles. The van der Waals surface area contributed by atoms with Crippen molar-refractivity contribution >= 4 is 40.0 Å². The van der Waals surface area contributed by atoms with E-state index >= 15 is 0 Å². The van der Waals surface area contributed by atoms with Crippen LogP contribution in [0.4, 0.5) is 16.4 Å². The van der Waals surface area contributed by atoms with Crippen LogP contribution < -0.4 is 4.90 Å². The predicted molar refractivity (Wildman–Crippen MR) is 178 cm³/mol. The van der Waals surface area contributed by atoms with Crippen LogP contribution in [0, 0.1) is 37.0 Å². The van der Waals surface area contributed by atoms with E-state index in [1.165, 1.54) is 17.8 Å². The number of esters is 1. The lowest BCUT2D eigenvalue weighted by molar-refractivity contribution is -0.153. The molecule has 0 N–H and O–H groups in total. The zero-order valence-corrected chi connectivity index (χ0v) is 28.4. The van der Waals surface area contributed by atoms with Crippen molar-refractivity contribution in [3.8, 4) is 6.07 Å². The Kier molecular flexibility index (Phi) is 16.9. The lowest BCUT2D eigenvalue weighted by atomic mass is 9.80. The third-order valence-corrected chi connectivity index (χ3v) is 9.17. The maximum atomic E-state index is 12.2. The van der Waals surface area contributed by atoms with E-state index in [0.29, 0.717) is 85.5 Å². The standard InChI is InChI=1S/C34H48N4O7S/c1-5-38(28-10-11-31(26(3)22-28)36-37-33-30(23-35)27(4)32(24-39)46-33)12-13-41-14-15-42-16-17-43-18-19-44-20-21-45-34(40)29-9-7-6-8-25(29)2/h10-11,22,24-25,29H,5-9,12-21H2,1-4H3/b37-36+. The van der Waals surface area contributed by atoms with Gasteiger partial charge in [0.2, 0.25) is 0 Å². The van der Waals surface area contributed by atoms with E-state index in [1.54, 1.807) is 6.92 Å². The summed E-state index contributed by atoms with van der Waals surface area (Å²) in [5.41, 5.74) is 3.74. The van der Waals surface area contributed by atoms with Crippen molar-refractivity contribution < 1.29 is 33.3 Å². The van der Waals surface area contributed by atoms with Crippen LogP contribution in [-0.4, -0.2) is 84.8 Å². The van der Waals surface area contributed by atoms with Crippen molar-refractivity contribution in [3.05, 3.63) is 39.8 Å². The SMILES string of the molecule is CCN(CCOCCOCCOCCOCCOC(=O)C1CCCCC1C)c1ccc(/N=N/c2sc(C=O)c(C)c2C#N)c(C)c1. The van der Waals surface area contributed by atoms with Crippen LogP contribution in [0.5, 0.6) is 0 Å². The second kappa shape index (κ2) is 20.8. The number of azo groups is 1. The molecule has 1 fully saturated rings. The summed E-state index contributed by atoms with van der Waals surface area (Å²) in [4.78, 5) is 26.1. The Hall–Kier alpha value is -3.21. The van der Waals surface area contributed by atoms with Gasteiger partial charge in [-0.1, -0.05) is 19.8 Å². The lowest BCUT2D eigenvalue weighted by Gasteiger charge is -2.26. The highest BCUT2D eigenvalue weighted by molar-refractivity contribution is 7.17. The molecule has 0 spiro atoms.